The minimum atomic E-state index is -0.318. The lowest BCUT2D eigenvalue weighted by Gasteiger charge is -2.10. The van der Waals surface area contributed by atoms with Crippen LogP contribution >= 0.6 is 11.6 Å². The summed E-state index contributed by atoms with van der Waals surface area (Å²) in [5, 5.41) is 12.2. The summed E-state index contributed by atoms with van der Waals surface area (Å²) in [6.07, 6.45) is 1.57. The maximum absolute atomic E-state index is 11.5. The van der Waals surface area contributed by atoms with Crippen molar-refractivity contribution in [1.82, 2.24) is 15.2 Å². The second-order valence-corrected chi connectivity index (χ2v) is 5.78. The van der Waals surface area contributed by atoms with Crippen LogP contribution in [0.4, 0.5) is 5.95 Å². The third-order valence-electron chi connectivity index (χ3n) is 3.49. The fourth-order valence-corrected chi connectivity index (χ4v) is 2.29. The molecule has 0 aliphatic heterocycles. The molecule has 0 spiro atoms. The van der Waals surface area contributed by atoms with Gasteiger partial charge in [0.2, 0.25) is 5.95 Å². The largest absolute Gasteiger partial charge is 0.488 e. The first-order valence-corrected chi connectivity index (χ1v) is 8.19. The number of para-hydroxylation sites is 1. The van der Waals surface area contributed by atoms with Gasteiger partial charge in [0.25, 0.3) is 5.56 Å². The molecule has 3 aromatic rings. The van der Waals surface area contributed by atoms with Gasteiger partial charge in [-0.1, -0.05) is 41.9 Å². The van der Waals surface area contributed by atoms with Gasteiger partial charge in [-0.3, -0.25) is 9.78 Å². The number of benzene rings is 2. The number of rotatable bonds is 6. The lowest BCUT2D eigenvalue weighted by atomic mass is 10.2. The molecule has 1 heterocycles. The predicted molar refractivity (Wildman–Crippen MR) is 101 cm³/mol. The number of halogens is 1. The van der Waals surface area contributed by atoms with Crippen molar-refractivity contribution in [2.75, 3.05) is 5.43 Å². The normalized spacial score (nSPS) is 10.8. The number of ether oxygens (including phenoxy) is 1. The second kappa shape index (κ2) is 8.26. The highest BCUT2D eigenvalue weighted by Crippen LogP contribution is 2.20. The molecule has 1 aromatic heterocycles. The smallest absolute Gasteiger partial charge is 0.274 e. The summed E-state index contributed by atoms with van der Waals surface area (Å²) in [4.78, 5) is 14.0. The van der Waals surface area contributed by atoms with E-state index in [1.165, 1.54) is 0 Å². The Kier molecular flexibility index (Phi) is 5.60. The fourth-order valence-electron chi connectivity index (χ4n) is 2.10. The van der Waals surface area contributed by atoms with Gasteiger partial charge in [-0.2, -0.15) is 5.10 Å². The molecule has 26 heavy (non-hydrogen) atoms. The van der Waals surface area contributed by atoms with Crippen LogP contribution in [0.2, 0.25) is 5.02 Å². The van der Waals surface area contributed by atoms with E-state index in [1.807, 2.05) is 48.5 Å². The molecule has 0 aliphatic rings. The molecule has 0 fully saturated rings. The summed E-state index contributed by atoms with van der Waals surface area (Å²) < 4.78 is 5.85. The first-order chi connectivity index (χ1) is 12.6. The van der Waals surface area contributed by atoms with E-state index in [0.29, 0.717) is 17.4 Å². The molecule has 2 aromatic carbocycles. The Morgan fingerprint density at radius 2 is 1.96 bits per heavy atom. The number of aryl methyl sites for hydroxylation is 1. The third-order valence-corrected chi connectivity index (χ3v) is 3.86. The van der Waals surface area contributed by atoms with Gasteiger partial charge in [0.1, 0.15) is 18.1 Å². The van der Waals surface area contributed by atoms with Crippen molar-refractivity contribution in [3.63, 3.8) is 0 Å². The maximum Gasteiger partial charge on any atom is 0.274 e. The van der Waals surface area contributed by atoms with Crippen LogP contribution in [-0.2, 0) is 6.61 Å². The van der Waals surface area contributed by atoms with Crippen LogP contribution in [0.1, 0.15) is 16.8 Å². The SMILES string of the molecule is Cc1nnc(N/N=C/c2ccccc2OCc2ccccc2Cl)[nH]c1=O. The molecule has 2 N–H and O–H groups in total. The van der Waals surface area contributed by atoms with Crippen molar-refractivity contribution in [3.05, 3.63) is 80.7 Å². The molecule has 7 nitrogen and oxygen atoms in total. The minimum absolute atomic E-state index is 0.159. The van der Waals surface area contributed by atoms with E-state index in [1.54, 1.807) is 13.1 Å². The molecule has 132 valence electrons. The van der Waals surface area contributed by atoms with E-state index < -0.39 is 0 Å². The van der Waals surface area contributed by atoms with Crippen molar-refractivity contribution >= 4 is 23.8 Å². The Bertz CT molecular complexity index is 987. The summed E-state index contributed by atoms with van der Waals surface area (Å²) >= 11 is 6.15. The number of hydrazone groups is 1. The molecule has 0 saturated carbocycles. The van der Waals surface area contributed by atoms with Gasteiger partial charge in [0.15, 0.2) is 0 Å². The van der Waals surface area contributed by atoms with Crippen molar-refractivity contribution in [2.45, 2.75) is 13.5 Å². The lowest BCUT2D eigenvalue weighted by molar-refractivity contribution is 0.306. The van der Waals surface area contributed by atoms with Crippen molar-refractivity contribution < 1.29 is 4.74 Å². The van der Waals surface area contributed by atoms with Gasteiger partial charge in [-0.25, -0.2) is 5.43 Å². The summed E-state index contributed by atoms with van der Waals surface area (Å²) in [6, 6.07) is 14.9. The number of hydrogen-bond acceptors (Lipinski definition) is 6. The first-order valence-electron chi connectivity index (χ1n) is 7.81. The number of aromatic nitrogens is 3. The summed E-state index contributed by atoms with van der Waals surface area (Å²) in [5.74, 6) is 0.813. The van der Waals surface area contributed by atoms with E-state index in [0.717, 1.165) is 11.1 Å². The van der Waals surface area contributed by atoms with E-state index in [-0.39, 0.29) is 17.2 Å². The quantitative estimate of drug-likeness (QED) is 0.514. The van der Waals surface area contributed by atoms with E-state index >= 15 is 0 Å². The predicted octanol–water partition coefficient (Wildman–Crippen LogP) is 3.15. The summed E-state index contributed by atoms with van der Waals surface area (Å²) in [7, 11) is 0. The van der Waals surface area contributed by atoms with Crippen LogP contribution in [-0.4, -0.2) is 21.4 Å². The Morgan fingerprint density at radius 3 is 2.77 bits per heavy atom. The molecular formula is C18H16ClN5O2. The van der Waals surface area contributed by atoms with E-state index in [2.05, 4.69) is 25.7 Å². The molecule has 0 radical (unpaired) electrons. The first kappa shape index (κ1) is 17.6. The fraction of sp³-hybridized carbons (Fsp3) is 0.111. The number of H-pyrrole nitrogens is 1. The molecule has 0 atom stereocenters. The zero-order valence-corrected chi connectivity index (χ0v) is 14.7. The Hall–Kier alpha value is -3.19. The highest BCUT2D eigenvalue weighted by atomic mass is 35.5. The van der Waals surface area contributed by atoms with Gasteiger partial charge in [-0.15, -0.1) is 10.2 Å². The molecular weight excluding hydrogens is 354 g/mol. The zero-order chi connectivity index (χ0) is 18.4. The highest BCUT2D eigenvalue weighted by molar-refractivity contribution is 6.31. The number of hydrogen-bond donors (Lipinski definition) is 2. The standard InChI is InChI=1S/C18H16ClN5O2/c1-12-17(25)21-18(24-22-12)23-20-10-13-6-3-5-9-16(13)26-11-14-7-2-4-8-15(14)19/h2-10H,11H2,1H3,(H2,21,23,24,25)/b20-10+. The Balaban J connectivity index is 1.69. The third kappa shape index (κ3) is 4.46. The van der Waals surface area contributed by atoms with Crippen LogP contribution in [0.5, 0.6) is 5.75 Å². The zero-order valence-electron chi connectivity index (χ0n) is 13.9. The summed E-state index contributed by atoms with van der Waals surface area (Å²) in [5.41, 5.74) is 4.26. The Labute approximate surface area is 154 Å². The number of nitrogens with zero attached hydrogens (tertiary/aromatic N) is 3. The van der Waals surface area contributed by atoms with Crippen LogP contribution in [0, 0.1) is 6.92 Å². The van der Waals surface area contributed by atoms with Crippen LogP contribution in [0.15, 0.2) is 58.4 Å². The number of nitrogens with one attached hydrogen (secondary N) is 2. The lowest BCUT2D eigenvalue weighted by Crippen LogP contribution is -2.15. The van der Waals surface area contributed by atoms with E-state index in [4.69, 9.17) is 16.3 Å². The van der Waals surface area contributed by atoms with Crippen molar-refractivity contribution in [1.29, 1.82) is 0 Å². The second-order valence-electron chi connectivity index (χ2n) is 5.38. The van der Waals surface area contributed by atoms with Crippen molar-refractivity contribution in [3.8, 4) is 5.75 Å². The molecule has 0 amide bonds. The maximum atomic E-state index is 11.5. The van der Waals surface area contributed by atoms with Crippen molar-refractivity contribution in [2.24, 2.45) is 5.10 Å². The average molecular weight is 370 g/mol. The highest BCUT2D eigenvalue weighted by Gasteiger charge is 2.04. The van der Waals surface area contributed by atoms with Crippen LogP contribution in [0.25, 0.3) is 0 Å². The van der Waals surface area contributed by atoms with E-state index in [9.17, 15) is 4.79 Å². The van der Waals surface area contributed by atoms with Crippen LogP contribution in [0.3, 0.4) is 0 Å². The summed E-state index contributed by atoms with van der Waals surface area (Å²) in [6.45, 7) is 1.92. The molecule has 0 unspecified atom stereocenters. The minimum Gasteiger partial charge on any atom is -0.488 e. The molecule has 0 saturated heterocycles. The average Bonchev–Trinajstić information content (AvgIpc) is 2.65. The monoisotopic (exact) mass is 369 g/mol. The number of anilines is 1. The molecule has 0 bridgehead atoms. The van der Waals surface area contributed by atoms with Crippen LogP contribution < -0.4 is 15.7 Å². The topological polar surface area (TPSA) is 92.3 Å². The van der Waals surface area contributed by atoms with Gasteiger partial charge in [0.05, 0.1) is 6.21 Å². The molecule has 0 aliphatic carbocycles. The Morgan fingerprint density at radius 1 is 1.19 bits per heavy atom. The van der Waals surface area contributed by atoms with Gasteiger partial charge < -0.3 is 4.74 Å². The van der Waals surface area contributed by atoms with Gasteiger partial charge >= 0.3 is 0 Å². The van der Waals surface area contributed by atoms with Gasteiger partial charge in [-0.05, 0) is 25.1 Å². The van der Waals surface area contributed by atoms with Gasteiger partial charge in [0, 0.05) is 16.1 Å². The molecule has 3 rings (SSSR count). The number of aromatic amines is 1. The molecule has 8 heteroatoms.